The fourth-order valence-corrected chi connectivity index (χ4v) is 2.98. The first-order valence-corrected chi connectivity index (χ1v) is 6.62. The molecule has 1 unspecified atom stereocenters. The van der Waals surface area contributed by atoms with Crippen LogP contribution in [0.1, 0.15) is 19.8 Å². The maximum absolute atomic E-state index is 11.8. The van der Waals surface area contributed by atoms with Crippen LogP contribution >= 0.6 is 11.8 Å². The van der Waals surface area contributed by atoms with E-state index in [4.69, 9.17) is 5.11 Å². The van der Waals surface area contributed by atoms with Gasteiger partial charge >= 0.3 is 12.0 Å². The molecular formula is C10H16N2O3S. The standard InChI is InChI=1S/C10H16N2O3S/c1-6(7-2-3-7)11-10(15)12-5-16-4-8(12)9(13)14/h6-8H,2-5H2,1H3,(H,11,15)(H,13,14)/t6?,8-/m0/s1. The smallest absolute Gasteiger partial charge is 0.327 e. The molecular weight excluding hydrogens is 228 g/mol. The summed E-state index contributed by atoms with van der Waals surface area (Å²) in [5, 5.41) is 11.8. The SMILES string of the molecule is CC(NC(=O)N1CSC[C@H]1C(=O)O)C1CC1. The summed E-state index contributed by atoms with van der Waals surface area (Å²) in [5.41, 5.74) is 0. The molecule has 1 heterocycles. The summed E-state index contributed by atoms with van der Waals surface area (Å²) in [6.07, 6.45) is 2.33. The largest absolute Gasteiger partial charge is 0.480 e. The molecule has 0 bridgehead atoms. The van der Waals surface area contributed by atoms with Gasteiger partial charge in [0, 0.05) is 11.8 Å². The summed E-state index contributed by atoms with van der Waals surface area (Å²) < 4.78 is 0. The van der Waals surface area contributed by atoms with E-state index in [1.165, 1.54) is 29.5 Å². The van der Waals surface area contributed by atoms with Gasteiger partial charge in [-0.05, 0) is 25.7 Å². The van der Waals surface area contributed by atoms with Gasteiger partial charge in [0.15, 0.2) is 0 Å². The minimum Gasteiger partial charge on any atom is -0.480 e. The molecule has 2 amide bonds. The first kappa shape index (κ1) is 11.6. The Balaban J connectivity index is 1.90. The first-order chi connectivity index (χ1) is 7.59. The predicted molar refractivity (Wildman–Crippen MR) is 61.3 cm³/mol. The number of rotatable bonds is 3. The Bertz CT molecular complexity index is 306. The van der Waals surface area contributed by atoms with Crippen LogP contribution in [0.15, 0.2) is 0 Å². The van der Waals surface area contributed by atoms with Crippen molar-refractivity contribution in [2.45, 2.75) is 31.8 Å². The highest BCUT2D eigenvalue weighted by atomic mass is 32.2. The van der Waals surface area contributed by atoms with Crippen LogP contribution in [-0.4, -0.2) is 45.7 Å². The summed E-state index contributed by atoms with van der Waals surface area (Å²) >= 11 is 1.48. The third-order valence-electron chi connectivity index (χ3n) is 3.11. The molecule has 0 aromatic heterocycles. The number of amides is 2. The molecule has 0 spiro atoms. The van der Waals surface area contributed by atoms with Gasteiger partial charge in [-0.3, -0.25) is 0 Å². The van der Waals surface area contributed by atoms with Crippen molar-refractivity contribution in [1.82, 2.24) is 10.2 Å². The predicted octanol–water partition coefficient (Wildman–Crippen LogP) is 0.954. The zero-order chi connectivity index (χ0) is 11.7. The van der Waals surface area contributed by atoms with Crippen LogP contribution in [0.4, 0.5) is 4.79 Å². The van der Waals surface area contributed by atoms with Gasteiger partial charge in [0.25, 0.3) is 0 Å². The number of carbonyl (C=O) groups excluding carboxylic acids is 1. The molecule has 1 saturated heterocycles. The Labute approximate surface area is 98.6 Å². The highest BCUT2D eigenvalue weighted by molar-refractivity contribution is 7.99. The van der Waals surface area contributed by atoms with Crippen LogP contribution < -0.4 is 5.32 Å². The van der Waals surface area contributed by atoms with Crippen LogP contribution in [-0.2, 0) is 4.79 Å². The number of carbonyl (C=O) groups is 2. The Morgan fingerprint density at radius 1 is 1.50 bits per heavy atom. The van der Waals surface area contributed by atoms with Crippen LogP contribution in [0, 0.1) is 5.92 Å². The zero-order valence-corrected chi connectivity index (χ0v) is 10.00. The molecule has 0 radical (unpaired) electrons. The van der Waals surface area contributed by atoms with Crippen molar-refractivity contribution in [2.24, 2.45) is 5.92 Å². The molecule has 0 aromatic rings. The van der Waals surface area contributed by atoms with Gasteiger partial charge in [0.1, 0.15) is 6.04 Å². The van der Waals surface area contributed by atoms with Gasteiger partial charge in [0.05, 0.1) is 5.88 Å². The van der Waals surface area contributed by atoms with Crippen LogP contribution in [0.3, 0.4) is 0 Å². The lowest BCUT2D eigenvalue weighted by atomic mass is 10.2. The van der Waals surface area contributed by atoms with Crippen LogP contribution in [0.2, 0.25) is 0 Å². The second-order valence-electron chi connectivity index (χ2n) is 4.40. The van der Waals surface area contributed by atoms with Crippen molar-refractivity contribution in [1.29, 1.82) is 0 Å². The topological polar surface area (TPSA) is 69.6 Å². The van der Waals surface area contributed by atoms with E-state index in [1.807, 2.05) is 6.92 Å². The van der Waals surface area contributed by atoms with Crippen LogP contribution in [0.5, 0.6) is 0 Å². The van der Waals surface area contributed by atoms with Gasteiger partial charge in [0.2, 0.25) is 0 Å². The van der Waals surface area contributed by atoms with Crippen molar-refractivity contribution < 1.29 is 14.7 Å². The monoisotopic (exact) mass is 244 g/mol. The van der Waals surface area contributed by atoms with Gasteiger partial charge in [-0.1, -0.05) is 0 Å². The summed E-state index contributed by atoms with van der Waals surface area (Å²) in [5.74, 6) is 0.627. The number of hydrogen-bond donors (Lipinski definition) is 2. The molecule has 2 atom stereocenters. The van der Waals surface area contributed by atoms with E-state index < -0.39 is 12.0 Å². The van der Waals surface area contributed by atoms with E-state index in [0.717, 1.165) is 0 Å². The molecule has 16 heavy (non-hydrogen) atoms. The van der Waals surface area contributed by atoms with Crippen LogP contribution in [0.25, 0.3) is 0 Å². The van der Waals surface area contributed by atoms with E-state index in [2.05, 4.69) is 5.32 Å². The third kappa shape index (κ3) is 2.42. The fourth-order valence-electron chi connectivity index (χ4n) is 1.84. The average molecular weight is 244 g/mol. The zero-order valence-electron chi connectivity index (χ0n) is 9.18. The van der Waals surface area contributed by atoms with Gasteiger partial charge < -0.3 is 15.3 Å². The number of nitrogens with zero attached hydrogens (tertiary/aromatic N) is 1. The number of carboxylic acids is 1. The number of carboxylic acid groups (broad SMARTS) is 1. The quantitative estimate of drug-likeness (QED) is 0.775. The summed E-state index contributed by atoms with van der Waals surface area (Å²) in [6.45, 7) is 1.98. The lowest BCUT2D eigenvalue weighted by Crippen LogP contribution is -2.49. The van der Waals surface area contributed by atoms with E-state index >= 15 is 0 Å². The lowest BCUT2D eigenvalue weighted by Gasteiger charge is -2.23. The number of nitrogens with one attached hydrogen (secondary N) is 1. The van der Waals surface area contributed by atoms with E-state index in [9.17, 15) is 9.59 Å². The van der Waals surface area contributed by atoms with Crippen molar-refractivity contribution in [2.75, 3.05) is 11.6 Å². The Kier molecular flexibility index (Phi) is 3.28. The maximum atomic E-state index is 11.8. The number of aliphatic carboxylic acids is 1. The fraction of sp³-hybridized carbons (Fsp3) is 0.800. The molecule has 0 aromatic carbocycles. The highest BCUT2D eigenvalue weighted by Gasteiger charge is 2.36. The van der Waals surface area contributed by atoms with Crippen molar-refractivity contribution in [3.05, 3.63) is 0 Å². The molecule has 2 fully saturated rings. The van der Waals surface area contributed by atoms with Crippen molar-refractivity contribution >= 4 is 23.8 Å². The molecule has 2 rings (SSSR count). The van der Waals surface area contributed by atoms with Crippen molar-refractivity contribution in [3.63, 3.8) is 0 Å². The van der Waals surface area contributed by atoms with Gasteiger partial charge in [-0.25, -0.2) is 9.59 Å². The molecule has 2 aliphatic rings. The molecule has 90 valence electrons. The third-order valence-corrected chi connectivity index (χ3v) is 4.12. The van der Waals surface area contributed by atoms with E-state index in [-0.39, 0.29) is 12.1 Å². The summed E-state index contributed by atoms with van der Waals surface area (Å²) in [6, 6.07) is -0.749. The minimum absolute atomic E-state index is 0.160. The molecule has 1 saturated carbocycles. The maximum Gasteiger partial charge on any atom is 0.327 e. The van der Waals surface area contributed by atoms with Crippen molar-refractivity contribution in [3.8, 4) is 0 Å². The Morgan fingerprint density at radius 2 is 2.19 bits per heavy atom. The molecule has 6 heteroatoms. The molecule has 5 nitrogen and oxygen atoms in total. The van der Waals surface area contributed by atoms with E-state index in [0.29, 0.717) is 17.5 Å². The lowest BCUT2D eigenvalue weighted by molar-refractivity contribution is -0.140. The Hall–Kier alpha value is -0.910. The highest BCUT2D eigenvalue weighted by Crippen LogP contribution is 2.32. The van der Waals surface area contributed by atoms with Gasteiger partial charge in [-0.2, -0.15) is 0 Å². The molecule has 1 aliphatic heterocycles. The average Bonchev–Trinajstić information content (AvgIpc) is 2.94. The van der Waals surface area contributed by atoms with Gasteiger partial charge in [-0.15, -0.1) is 11.8 Å². The van der Waals surface area contributed by atoms with E-state index in [1.54, 1.807) is 0 Å². The first-order valence-electron chi connectivity index (χ1n) is 5.47. The molecule has 2 N–H and O–H groups in total. The Morgan fingerprint density at radius 3 is 2.75 bits per heavy atom. The second kappa shape index (κ2) is 4.53. The number of hydrogen-bond acceptors (Lipinski definition) is 3. The number of urea groups is 1. The minimum atomic E-state index is -0.917. The summed E-state index contributed by atoms with van der Waals surface area (Å²) in [4.78, 5) is 24.2. The second-order valence-corrected chi connectivity index (χ2v) is 5.40. The molecule has 1 aliphatic carbocycles. The summed E-state index contributed by atoms with van der Waals surface area (Å²) in [7, 11) is 0. The number of thioether (sulfide) groups is 1. The normalized spacial score (nSPS) is 26.6.